The van der Waals surface area contributed by atoms with Crippen LogP contribution >= 0.6 is 11.6 Å². The number of halogens is 1. The second-order valence-corrected chi connectivity index (χ2v) is 3.93. The van der Waals surface area contributed by atoms with Gasteiger partial charge in [-0.2, -0.15) is 0 Å². The van der Waals surface area contributed by atoms with E-state index in [9.17, 15) is 4.79 Å². The molecule has 0 saturated heterocycles. The first-order valence-corrected chi connectivity index (χ1v) is 6.42. The molecule has 0 heterocycles. The highest BCUT2D eigenvalue weighted by atomic mass is 35.5. The SMILES string of the molecule is CC=NC(=C\C=C(/C)C=O)/C(=C/CCl)C/C=C\C. The molecular formula is C15H20ClNO. The average Bonchev–Trinajstić information content (AvgIpc) is 2.39. The van der Waals surface area contributed by atoms with Crippen LogP contribution in [0.15, 0.2) is 52.2 Å². The van der Waals surface area contributed by atoms with Crippen molar-refractivity contribution in [1.82, 2.24) is 0 Å². The van der Waals surface area contributed by atoms with Crippen LogP contribution in [0.5, 0.6) is 0 Å². The molecule has 0 amide bonds. The minimum absolute atomic E-state index is 0.444. The first-order chi connectivity index (χ1) is 8.69. The largest absolute Gasteiger partial charge is 0.298 e. The van der Waals surface area contributed by atoms with Crippen LogP contribution in [-0.2, 0) is 4.79 Å². The van der Waals surface area contributed by atoms with Crippen LogP contribution in [0.4, 0.5) is 0 Å². The third-order valence-corrected chi connectivity index (χ3v) is 2.34. The van der Waals surface area contributed by atoms with E-state index in [1.807, 2.05) is 38.2 Å². The summed E-state index contributed by atoms with van der Waals surface area (Å²) in [5.41, 5.74) is 2.55. The summed E-state index contributed by atoms with van der Waals surface area (Å²) < 4.78 is 0. The highest BCUT2D eigenvalue weighted by Gasteiger charge is 2.00. The molecule has 0 aliphatic rings. The van der Waals surface area contributed by atoms with Crippen molar-refractivity contribution in [3.05, 3.63) is 47.2 Å². The van der Waals surface area contributed by atoms with E-state index in [0.717, 1.165) is 24.0 Å². The minimum Gasteiger partial charge on any atom is -0.298 e. The number of hydrogen-bond acceptors (Lipinski definition) is 2. The zero-order valence-corrected chi connectivity index (χ0v) is 11.9. The van der Waals surface area contributed by atoms with Crippen molar-refractivity contribution in [2.75, 3.05) is 5.88 Å². The van der Waals surface area contributed by atoms with Gasteiger partial charge < -0.3 is 0 Å². The third-order valence-electron chi connectivity index (χ3n) is 2.18. The number of aliphatic imine (C=N–C) groups is 1. The van der Waals surface area contributed by atoms with Crippen LogP contribution in [0.25, 0.3) is 0 Å². The fourth-order valence-electron chi connectivity index (χ4n) is 1.25. The number of carbonyl (C=O) groups excluding carboxylic acids is 1. The molecule has 0 bridgehead atoms. The quantitative estimate of drug-likeness (QED) is 0.169. The number of allylic oxidation sites excluding steroid dienone is 7. The van der Waals surface area contributed by atoms with Crippen LogP contribution in [0.2, 0.25) is 0 Å². The number of aldehydes is 1. The maximum Gasteiger partial charge on any atom is 0.145 e. The van der Waals surface area contributed by atoms with Gasteiger partial charge in [-0.05, 0) is 44.4 Å². The van der Waals surface area contributed by atoms with Crippen molar-refractivity contribution < 1.29 is 4.79 Å². The molecule has 2 nitrogen and oxygen atoms in total. The lowest BCUT2D eigenvalue weighted by molar-refractivity contribution is -0.104. The van der Waals surface area contributed by atoms with Crippen molar-refractivity contribution in [3.63, 3.8) is 0 Å². The molecule has 0 aliphatic carbocycles. The van der Waals surface area contributed by atoms with Crippen molar-refractivity contribution in [2.24, 2.45) is 4.99 Å². The van der Waals surface area contributed by atoms with Gasteiger partial charge in [-0.1, -0.05) is 24.3 Å². The molecular weight excluding hydrogens is 246 g/mol. The molecule has 0 aromatic carbocycles. The second kappa shape index (κ2) is 10.7. The van der Waals surface area contributed by atoms with Gasteiger partial charge in [0.2, 0.25) is 0 Å². The van der Waals surface area contributed by atoms with Gasteiger partial charge >= 0.3 is 0 Å². The number of carbonyl (C=O) groups is 1. The average molecular weight is 266 g/mol. The van der Waals surface area contributed by atoms with Gasteiger partial charge in [-0.15, -0.1) is 11.6 Å². The zero-order valence-electron chi connectivity index (χ0n) is 11.2. The zero-order chi connectivity index (χ0) is 13.8. The Kier molecular flexibility index (Phi) is 9.89. The molecule has 0 aliphatic heterocycles. The molecule has 0 aromatic heterocycles. The predicted octanol–water partition coefficient (Wildman–Crippen LogP) is 4.24. The molecule has 0 aromatic rings. The number of nitrogens with zero attached hydrogens (tertiary/aromatic N) is 1. The van der Waals surface area contributed by atoms with E-state index in [0.29, 0.717) is 11.5 Å². The van der Waals surface area contributed by atoms with Gasteiger partial charge in [0.15, 0.2) is 0 Å². The van der Waals surface area contributed by atoms with E-state index in [4.69, 9.17) is 11.6 Å². The maximum atomic E-state index is 10.6. The van der Waals surface area contributed by atoms with Crippen LogP contribution < -0.4 is 0 Å². The Morgan fingerprint density at radius 2 is 2.00 bits per heavy atom. The number of rotatable bonds is 7. The summed E-state index contributed by atoms with van der Waals surface area (Å²) in [5.74, 6) is 0.444. The molecule has 0 rings (SSSR count). The first kappa shape index (κ1) is 16.6. The molecule has 0 N–H and O–H groups in total. The summed E-state index contributed by atoms with van der Waals surface area (Å²) >= 11 is 5.76. The van der Waals surface area contributed by atoms with Gasteiger partial charge in [0.25, 0.3) is 0 Å². The van der Waals surface area contributed by atoms with Gasteiger partial charge in [-0.3, -0.25) is 9.79 Å². The van der Waals surface area contributed by atoms with E-state index in [-0.39, 0.29) is 0 Å². The summed E-state index contributed by atoms with van der Waals surface area (Å²) in [6.07, 6.45) is 12.9. The van der Waals surface area contributed by atoms with Crippen molar-refractivity contribution >= 4 is 24.1 Å². The Morgan fingerprint density at radius 1 is 1.28 bits per heavy atom. The van der Waals surface area contributed by atoms with E-state index >= 15 is 0 Å². The lowest BCUT2D eigenvalue weighted by Gasteiger charge is -2.04. The second-order valence-electron chi connectivity index (χ2n) is 3.62. The Bertz CT molecular complexity index is 401. The molecule has 0 unspecified atom stereocenters. The molecule has 3 heteroatoms. The van der Waals surface area contributed by atoms with Gasteiger partial charge in [-0.25, -0.2) is 0 Å². The molecule has 98 valence electrons. The van der Waals surface area contributed by atoms with Crippen molar-refractivity contribution in [2.45, 2.75) is 27.2 Å². The summed E-state index contributed by atoms with van der Waals surface area (Å²) in [6.45, 7) is 5.59. The van der Waals surface area contributed by atoms with Crippen molar-refractivity contribution in [3.8, 4) is 0 Å². The third kappa shape index (κ3) is 7.02. The molecule has 0 saturated carbocycles. The van der Waals surface area contributed by atoms with Gasteiger partial charge in [0, 0.05) is 12.1 Å². The lowest BCUT2D eigenvalue weighted by atomic mass is 10.1. The summed E-state index contributed by atoms with van der Waals surface area (Å²) in [5, 5.41) is 0. The van der Waals surface area contributed by atoms with E-state index in [1.165, 1.54) is 0 Å². The Morgan fingerprint density at radius 3 is 2.50 bits per heavy atom. The normalized spacial score (nSPS) is 14.8. The lowest BCUT2D eigenvalue weighted by Crippen LogP contribution is -1.88. The maximum absolute atomic E-state index is 10.6. The summed E-state index contributed by atoms with van der Waals surface area (Å²) in [6, 6.07) is 0. The monoisotopic (exact) mass is 265 g/mol. The summed E-state index contributed by atoms with van der Waals surface area (Å²) in [4.78, 5) is 14.9. The Labute approximate surface area is 114 Å². The van der Waals surface area contributed by atoms with Crippen molar-refractivity contribution in [1.29, 1.82) is 0 Å². The van der Waals surface area contributed by atoms with E-state index in [2.05, 4.69) is 4.99 Å². The molecule has 0 fully saturated rings. The molecule has 0 radical (unpaired) electrons. The smallest absolute Gasteiger partial charge is 0.145 e. The highest BCUT2D eigenvalue weighted by Crippen LogP contribution is 2.17. The van der Waals surface area contributed by atoms with Crippen LogP contribution in [0, 0.1) is 0 Å². The fourth-order valence-corrected chi connectivity index (χ4v) is 1.44. The minimum atomic E-state index is 0.444. The predicted molar refractivity (Wildman–Crippen MR) is 80.3 cm³/mol. The number of hydrogen-bond donors (Lipinski definition) is 0. The van der Waals surface area contributed by atoms with Crippen LogP contribution in [0.3, 0.4) is 0 Å². The number of alkyl halides is 1. The Balaban J connectivity index is 5.27. The Hall–Kier alpha value is -1.41. The molecule has 0 spiro atoms. The fraction of sp³-hybridized carbons (Fsp3) is 0.333. The summed E-state index contributed by atoms with van der Waals surface area (Å²) in [7, 11) is 0. The van der Waals surface area contributed by atoms with Gasteiger partial charge in [0.05, 0.1) is 5.70 Å². The topological polar surface area (TPSA) is 29.4 Å². The van der Waals surface area contributed by atoms with E-state index in [1.54, 1.807) is 19.2 Å². The van der Waals surface area contributed by atoms with Crippen LogP contribution in [-0.4, -0.2) is 18.4 Å². The standard InChI is InChI=1S/C15H20ClNO/c1-4-6-7-14(10-11-16)15(17-5-2)9-8-13(3)12-18/h4-6,8-10,12H,7,11H2,1-3H3/b6-4-,13-8+,14-10+,15-9-,17-5?. The van der Waals surface area contributed by atoms with E-state index < -0.39 is 0 Å². The molecule has 18 heavy (non-hydrogen) atoms. The molecule has 0 atom stereocenters. The van der Waals surface area contributed by atoms with Crippen LogP contribution in [0.1, 0.15) is 27.2 Å². The van der Waals surface area contributed by atoms with Gasteiger partial charge in [0.1, 0.15) is 6.29 Å². The highest BCUT2D eigenvalue weighted by molar-refractivity contribution is 6.19. The first-order valence-electron chi connectivity index (χ1n) is 5.88.